The van der Waals surface area contributed by atoms with Gasteiger partial charge in [-0.2, -0.15) is 5.10 Å². The van der Waals surface area contributed by atoms with Gasteiger partial charge in [0.1, 0.15) is 5.82 Å². The number of hydrogen-bond acceptors (Lipinski definition) is 5. The van der Waals surface area contributed by atoms with E-state index in [2.05, 4.69) is 20.4 Å². The number of para-hydroxylation sites is 1. The van der Waals surface area contributed by atoms with Crippen LogP contribution in [-0.2, 0) is 14.8 Å². The molecule has 0 bridgehead atoms. The quantitative estimate of drug-likeness (QED) is 0.465. The Balaban J connectivity index is 1.34. The van der Waals surface area contributed by atoms with Crippen LogP contribution in [0.4, 0.5) is 20.3 Å². The number of nitrogens with one attached hydrogen (secondary N) is 2. The number of benzene rings is 1. The van der Waals surface area contributed by atoms with Gasteiger partial charge in [-0.15, -0.1) is 0 Å². The van der Waals surface area contributed by atoms with E-state index in [1.165, 1.54) is 4.31 Å². The molecule has 1 saturated carbocycles. The van der Waals surface area contributed by atoms with E-state index in [0.717, 1.165) is 25.9 Å². The largest absolute Gasteiger partial charge is 0.311 e. The number of carbonyl (C=O) groups excluding carboxylic acids is 1. The average Bonchev–Trinajstić information content (AvgIpc) is 3.37. The Kier molecular flexibility index (Phi) is 8.84. The molecule has 0 radical (unpaired) electrons. The number of likely N-dealkylation sites (tertiary alicyclic amines) is 1. The lowest BCUT2D eigenvalue weighted by Crippen LogP contribution is -2.48. The van der Waals surface area contributed by atoms with Gasteiger partial charge in [0.2, 0.25) is 21.9 Å². The molecular formula is C26H37F2N5O3S. The number of amides is 1. The van der Waals surface area contributed by atoms with Crippen molar-refractivity contribution in [3.05, 3.63) is 42.6 Å². The minimum absolute atomic E-state index is 0.0366. The Hall–Kier alpha value is -2.53. The number of H-pyrrole nitrogens is 1. The zero-order valence-electron chi connectivity index (χ0n) is 21.3. The molecule has 2 aliphatic rings. The highest BCUT2D eigenvalue weighted by molar-refractivity contribution is 7.92. The molecule has 4 rings (SSSR count). The Labute approximate surface area is 217 Å². The van der Waals surface area contributed by atoms with Crippen LogP contribution >= 0.6 is 0 Å². The van der Waals surface area contributed by atoms with E-state index >= 15 is 0 Å². The Morgan fingerprint density at radius 1 is 1.14 bits per heavy atom. The van der Waals surface area contributed by atoms with E-state index in [1.54, 1.807) is 24.4 Å². The molecule has 0 spiro atoms. The van der Waals surface area contributed by atoms with Gasteiger partial charge in [-0.1, -0.05) is 18.2 Å². The van der Waals surface area contributed by atoms with Crippen molar-refractivity contribution in [2.24, 2.45) is 11.8 Å². The van der Waals surface area contributed by atoms with Crippen molar-refractivity contribution in [3.8, 4) is 0 Å². The number of sulfonamides is 1. The third-order valence-corrected chi connectivity index (χ3v) is 9.54. The average molecular weight is 538 g/mol. The van der Waals surface area contributed by atoms with Crippen LogP contribution in [0.5, 0.6) is 0 Å². The maximum atomic E-state index is 13.6. The van der Waals surface area contributed by atoms with E-state index < -0.39 is 15.9 Å². The van der Waals surface area contributed by atoms with Crippen LogP contribution in [0.3, 0.4) is 0 Å². The molecule has 204 valence electrons. The number of piperidine rings is 1. The van der Waals surface area contributed by atoms with Crippen molar-refractivity contribution >= 4 is 27.4 Å². The highest BCUT2D eigenvalue weighted by Gasteiger charge is 2.38. The highest BCUT2D eigenvalue weighted by atomic mass is 32.2. The molecule has 1 amide bonds. The molecule has 1 aromatic heterocycles. The predicted octanol–water partition coefficient (Wildman–Crippen LogP) is 4.50. The van der Waals surface area contributed by atoms with E-state index in [1.807, 2.05) is 25.1 Å². The summed E-state index contributed by atoms with van der Waals surface area (Å²) in [6.07, 6.45) is 3.70. The number of nitrogens with zero attached hydrogens (tertiary/aromatic N) is 3. The van der Waals surface area contributed by atoms with Gasteiger partial charge < -0.3 is 5.32 Å². The summed E-state index contributed by atoms with van der Waals surface area (Å²) in [7, 11) is -3.70. The molecule has 11 heteroatoms. The second-order valence-electron chi connectivity index (χ2n) is 10.5. The first-order valence-corrected chi connectivity index (χ1v) is 14.7. The summed E-state index contributed by atoms with van der Waals surface area (Å²) >= 11 is 0. The summed E-state index contributed by atoms with van der Waals surface area (Å²) in [6, 6.07) is 10.7. The zero-order chi connectivity index (χ0) is 26.5. The number of aromatic amines is 1. The highest BCUT2D eigenvalue weighted by Crippen LogP contribution is 2.37. The molecule has 2 heterocycles. The lowest BCUT2D eigenvalue weighted by molar-refractivity contribution is -0.117. The third-order valence-electron chi connectivity index (χ3n) is 7.61. The molecular weight excluding hydrogens is 500 g/mol. The zero-order valence-corrected chi connectivity index (χ0v) is 22.1. The fraction of sp³-hybridized carbons (Fsp3) is 0.615. The summed E-state index contributed by atoms with van der Waals surface area (Å²) in [5, 5.41) is 9.37. The van der Waals surface area contributed by atoms with Crippen molar-refractivity contribution in [2.45, 2.75) is 63.8 Å². The fourth-order valence-electron chi connectivity index (χ4n) is 5.37. The molecule has 1 aromatic carbocycles. The molecule has 1 atom stereocenters. The number of rotatable bonds is 10. The summed E-state index contributed by atoms with van der Waals surface area (Å²) in [5.41, 5.74) is 0.598. The van der Waals surface area contributed by atoms with Crippen molar-refractivity contribution in [2.75, 3.05) is 35.0 Å². The first-order chi connectivity index (χ1) is 17.6. The Morgan fingerprint density at radius 3 is 2.43 bits per heavy atom. The molecule has 2 N–H and O–H groups in total. The van der Waals surface area contributed by atoms with Crippen LogP contribution in [0.1, 0.15) is 51.9 Å². The normalized spacial score (nSPS) is 20.4. The van der Waals surface area contributed by atoms with Gasteiger partial charge in [0.25, 0.3) is 0 Å². The number of anilines is 2. The third kappa shape index (κ3) is 7.73. The summed E-state index contributed by atoms with van der Waals surface area (Å²) in [5.74, 6) is -2.24. The van der Waals surface area contributed by atoms with Crippen molar-refractivity contribution in [3.63, 3.8) is 0 Å². The van der Waals surface area contributed by atoms with Gasteiger partial charge in [0.05, 0.1) is 17.6 Å². The Morgan fingerprint density at radius 2 is 1.81 bits per heavy atom. The first-order valence-electron chi connectivity index (χ1n) is 13.1. The lowest BCUT2D eigenvalue weighted by atomic mass is 9.88. The molecule has 37 heavy (non-hydrogen) atoms. The van der Waals surface area contributed by atoms with Crippen LogP contribution < -0.4 is 9.62 Å². The van der Waals surface area contributed by atoms with E-state index in [9.17, 15) is 22.0 Å². The topological polar surface area (TPSA) is 98.4 Å². The van der Waals surface area contributed by atoms with Gasteiger partial charge in [0.15, 0.2) is 0 Å². The fourth-order valence-corrected chi connectivity index (χ4v) is 7.37. The predicted molar refractivity (Wildman–Crippen MR) is 140 cm³/mol. The van der Waals surface area contributed by atoms with Crippen LogP contribution in [0.15, 0.2) is 42.6 Å². The smallest absolute Gasteiger partial charge is 0.248 e. The van der Waals surface area contributed by atoms with E-state index in [-0.39, 0.29) is 55.2 Å². The Bertz CT molecular complexity index is 1100. The standard InChI is InChI=1S/C26H37F2N5O3S/c1-20(32-15-10-21(11-16-32)17-25(34)30-24-9-14-29-31-24)18-33(23-5-3-2-4-6-23)37(35,36)19-22-7-12-26(27,28)13-8-22/h2-6,9,14,20-22H,7-8,10-13,15-19H2,1H3,(H2,29,30,31,34)/t20-/m1/s1. The summed E-state index contributed by atoms with van der Waals surface area (Å²) in [4.78, 5) is 14.6. The van der Waals surface area contributed by atoms with Gasteiger partial charge in [-0.3, -0.25) is 19.1 Å². The molecule has 8 nitrogen and oxygen atoms in total. The number of hydrogen-bond donors (Lipinski definition) is 2. The first kappa shape index (κ1) is 27.5. The van der Waals surface area contributed by atoms with Gasteiger partial charge in [0, 0.05) is 37.9 Å². The van der Waals surface area contributed by atoms with Crippen molar-refractivity contribution in [1.29, 1.82) is 0 Å². The molecule has 1 saturated heterocycles. The van der Waals surface area contributed by atoms with Crippen LogP contribution in [-0.4, -0.2) is 66.8 Å². The minimum atomic E-state index is -3.70. The van der Waals surface area contributed by atoms with E-state index in [4.69, 9.17) is 0 Å². The summed E-state index contributed by atoms with van der Waals surface area (Å²) < 4.78 is 55.8. The van der Waals surface area contributed by atoms with Crippen LogP contribution in [0, 0.1) is 11.8 Å². The van der Waals surface area contributed by atoms with Gasteiger partial charge in [-0.05, 0) is 69.7 Å². The second-order valence-corrected chi connectivity index (χ2v) is 12.4. The van der Waals surface area contributed by atoms with Crippen LogP contribution in [0.2, 0.25) is 0 Å². The van der Waals surface area contributed by atoms with E-state index in [0.29, 0.717) is 24.5 Å². The second kappa shape index (κ2) is 11.9. The molecule has 1 aliphatic carbocycles. The van der Waals surface area contributed by atoms with Crippen LogP contribution in [0.25, 0.3) is 0 Å². The number of alkyl halides is 2. The SMILES string of the molecule is C[C@H](CN(c1ccccc1)S(=O)(=O)CC1CCC(F)(F)CC1)N1CCC(CC(=O)Nc2ccn[nH]2)CC1. The number of halogens is 2. The van der Waals surface area contributed by atoms with Gasteiger partial charge >= 0.3 is 0 Å². The monoisotopic (exact) mass is 537 g/mol. The number of aromatic nitrogens is 2. The van der Waals surface area contributed by atoms with Crippen molar-refractivity contribution in [1.82, 2.24) is 15.1 Å². The molecule has 1 aliphatic heterocycles. The molecule has 2 aromatic rings. The van der Waals surface area contributed by atoms with Crippen molar-refractivity contribution < 1.29 is 22.0 Å². The van der Waals surface area contributed by atoms with Gasteiger partial charge in [-0.25, -0.2) is 17.2 Å². The summed E-state index contributed by atoms with van der Waals surface area (Å²) in [6.45, 7) is 3.88. The molecule has 0 unspecified atom stereocenters. The maximum absolute atomic E-state index is 13.6. The maximum Gasteiger partial charge on any atom is 0.248 e. The minimum Gasteiger partial charge on any atom is -0.311 e. The lowest BCUT2D eigenvalue weighted by Gasteiger charge is -2.38. The molecule has 2 fully saturated rings. The number of carbonyl (C=O) groups is 1.